The van der Waals surface area contributed by atoms with Crippen molar-refractivity contribution >= 4 is 17.4 Å². The van der Waals surface area contributed by atoms with Crippen molar-refractivity contribution in [3.05, 3.63) is 23.9 Å². The summed E-state index contributed by atoms with van der Waals surface area (Å²) in [6.45, 7) is 6.64. The van der Waals surface area contributed by atoms with Gasteiger partial charge in [0.1, 0.15) is 5.82 Å². The second-order valence-corrected chi connectivity index (χ2v) is 4.57. The Labute approximate surface area is 114 Å². The lowest BCUT2D eigenvalue weighted by Gasteiger charge is -2.05. The molecule has 0 bridgehead atoms. The molecule has 1 rings (SSSR count). The summed E-state index contributed by atoms with van der Waals surface area (Å²) >= 11 is 0. The molecule has 19 heavy (non-hydrogen) atoms. The molecule has 0 aliphatic rings. The van der Waals surface area contributed by atoms with E-state index >= 15 is 0 Å². The number of carbonyl (C=O) groups is 1. The van der Waals surface area contributed by atoms with Crippen molar-refractivity contribution in [2.24, 2.45) is 5.10 Å². The number of rotatable bonds is 7. The highest BCUT2D eigenvalue weighted by atomic mass is 16.1. The number of anilines is 1. The topological polar surface area (TPSA) is 66.4 Å². The SMILES string of the molecule is CCCCCNC(=O)c1ccc(NN=C(C)C)nc1. The fraction of sp³-hybridized carbons (Fsp3) is 0.500. The fourth-order valence-corrected chi connectivity index (χ4v) is 1.44. The molecule has 1 amide bonds. The first kappa shape index (κ1) is 15.1. The van der Waals surface area contributed by atoms with Gasteiger partial charge in [-0.25, -0.2) is 4.98 Å². The van der Waals surface area contributed by atoms with Crippen LogP contribution in [-0.4, -0.2) is 23.1 Å². The van der Waals surface area contributed by atoms with Gasteiger partial charge in [-0.3, -0.25) is 10.2 Å². The van der Waals surface area contributed by atoms with Gasteiger partial charge >= 0.3 is 0 Å². The van der Waals surface area contributed by atoms with Crippen LogP contribution < -0.4 is 10.7 Å². The summed E-state index contributed by atoms with van der Waals surface area (Å²) in [4.78, 5) is 15.9. The number of amides is 1. The Balaban J connectivity index is 2.46. The summed E-state index contributed by atoms with van der Waals surface area (Å²) < 4.78 is 0. The number of carbonyl (C=O) groups excluding carboxylic acids is 1. The monoisotopic (exact) mass is 262 g/mol. The number of hydrazone groups is 1. The van der Waals surface area contributed by atoms with E-state index in [0.717, 1.165) is 25.0 Å². The summed E-state index contributed by atoms with van der Waals surface area (Å²) in [6.07, 6.45) is 4.85. The zero-order valence-electron chi connectivity index (χ0n) is 11.9. The predicted molar refractivity (Wildman–Crippen MR) is 78.5 cm³/mol. The predicted octanol–water partition coefficient (Wildman–Crippen LogP) is 2.81. The van der Waals surface area contributed by atoms with Gasteiger partial charge in [-0.1, -0.05) is 19.8 Å². The van der Waals surface area contributed by atoms with Crippen molar-refractivity contribution in [3.63, 3.8) is 0 Å². The van der Waals surface area contributed by atoms with Gasteiger partial charge in [-0.2, -0.15) is 5.10 Å². The van der Waals surface area contributed by atoms with Crippen molar-refractivity contribution in [1.82, 2.24) is 10.3 Å². The molecular weight excluding hydrogens is 240 g/mol. The zero-order valence-corrected chi connectivity index (χ0v) is 11.9. The Hall–Kier alpha value is -1.91. The lowest BCUT2D eigenvalue weighted by Crippen LogP contribution is -2.24. The van der Waals surface area contributed by atoms with E-state index in [0.29, 0.717) is 17.9 Å². The smallest absolute Gasteiger partial charge is 0.252 e. The van der Waals surface area contributed by atoms with Gasteiger partial charge in [-0.05, 0) is 32.4 Å². The quantitative estimate of drug-likeness (QED) is 0.451. The van der Waals surface area contributed by atoms with E-state index in [1.165, 1.54) is 0 Å². The molecule has 0 aliphatic carbocycles. The van der Waals surface area contributed by atoms with Gasteiger partial charge in [0.2, 0.25) is 0 Å². The molecule has 0 fully saturated rings. The van der Waals surface area contributed by atoms with Crippen LogP contribution in [0, 0.1) is 0 Å². The highest BCUT2D eigenvalue weighted by molar-refractivity contribution is 5.94. The molecule has 1 aromatic heterocycles. The van der Waals surface area contributed by atoms with Crippen LogP contribution in [0.25, 0.3) is 0 Å². The first-order chi connectivity index (χ1) is 9.13. The molecule has 2 N–H and O–H groups in total. The molecule has 1 aromatic rings. The third-order valence-electron chi connectivity index (χ3n) is 2.49. The van der Waals surface area contributed by atoms with E-state index < -0.39 is 0 Å². The number of nitrogens with one attached hydrogen (secondary N) is 2. The van der Waals surface area contributed by atoms with Crippen LogP contribution >= 0.6 is 0 Å². The van der Waals surface area contributed by atoms with Crippen LogP contribution in [0.2, 0.25) is 0 Å². The Morgan fingerprint density at radius 2 is 2.11 bits per heavy atom. The number of unbranched alkanes of at least 4 members (excludes halogenated alkanes) is 2. The average molecular weight is 262 g/mol. The number of hydrogen-bond acceptors (Lipinski definition) is 4. The van der Waals surface area contributed by atoms with Crippen molar-refractivity contribution in [3.8, 4) is 0 Å². The van der Waals surface area contributed by atoms with Crippen molar-refractivity contribution < 1.29 is 4.79 Å². The van der Waals surface area contributed by atoms with E-state index in [2.05, 4.69) is 27.8 Å². The first-order valence-electron chi connectivity index (χ1n) is 6.64. The fourth-order valence-electron chi connectivity index (χ4n) is 1.44. The number of aromatic nitrogens is 1. The van der Waals surface area contributed by atoms with Crippen molar-refractivity contribution in [1.29, 1.82) is 0 Å². The summed E-state index contributed by atoms with van der Waals surface area (Å²) in [5.74, 6) is 0.550. The van der Waals surface area contributed by atoms with E-state index in [4.69, 9.17) is 0 Å². The Morgan fingerprint density at radius 3 is 2.68 bits per heavy atom. The van der Waals surface area contributed by atoms with E-state index in [-0.39, 0.29) is 5.91 Å². The molecule has 0 aromatic carbocycles. The van der Waals surface area contributed by atoms with Gasteiger partial charge in [0, 0.05) is 18.5 Å². The summed E-state index contributed by atoms with van der Waals surface area (Å²) in [7, 11) is 0. The summed E-state index contributed by atoms with van der Waals surface area (Å²) in [5.41, 5.74) is 4.30. The third kappa shape index (κ3) is 5.99. The lowest BCUT2D eigenvalue weighted by atomic mass is 10.2. The van der Waals surface area contributed by atoms with Crippen LogP contribution in [0.15, 0.2) is 23.4 Å². The normalized spacial score (nSPS) is 9.84. The Kier molecular flexibility index (Phi) is 6.57. The molecule has 0 saturated heterocycles. The molecule has 0 saturated carbocycles. The van der Waals surface area contributed by atoms with Crippen LogP contribution in [0.5, 0.6) is 0 Å². The van der Waals surface area contributed by atoms with Crippen LogP contribution in [0.3, 0.4) is 0 Å². The summed E-state index contributed by atoms with van der Waals surface area (Å²) in [5, 5.41) is 6.92. The zero-order chi connectivity index (χ0) is 14.1. The van der Waals surface area contributed by atoms with Crippen LogP contribution in [0.1, 0.15) is 50.4 Å². The van der Waals surface area contributed by atoms with Crippen molar-refractivity contribution in [2.75, 3.05) is 12.0 Å². The highest BCUT2D eigenvalue weighted by Gasteiger charge is 2.04. The molecule has 5 heteroatoms. The van der Waals surface area contributed by atoms with E-state index in [1.54, 1.807) is 18.3 Å². The molecule has 0 unspecified atom stereocenters. The molecule has 104 valence electrons. The van der Waals surface area contributed by atoms with E-state index in [9.17, 15) is 4.79 Å². The minimum atomic E-state index is -0.0784. The van der Waals surface area contributed by atoms with Gasteiger partial charge in [0.15, 0.2) is 0 Å². The van der Waals surface area contributed by atoms with Crippen LogP contribution in [-0.2, 0) is 0 Å². The molecule has 0 radical (unpaired) electrons. The van der Waals surface area contributed by atoms with Gasteiger partial charge in [0.05, 0.1) is 5.56 Å². The highest BCUT2D eigenvalue weighted by Crippen LogP contribution is 2.05. The molecule has 0 spiro atoms. The maximum atomic E-state index is 11.8. The molecular formula is C14H22N4O. The lowest BCUT2D eigenvalue weighted by molar-refractivity contribution is 0.0952. The maximum Gasteiger partial charge on any atom is 0.252 e. The second kappa shape index (κ2) is 8.24. The van der Waals surface area contributed by atoms with Gasteiger partial charge < -0.3 is 5.32 Å². The third-order valence-corrected chi connectivity index (χ3v) is 2.49. The Morgan fingerprint density at radius 1 is 1.32 bits per heavy atom. The molecule has 0 atom stereocenters. The largest absolute Gasteiger partial charge is 0.352 e. The van der Waals surface area contributed by atoms with Crippen LogP contribution in [0.4, 0.5) is 5.82 Å². The summed E-state index contributed by atoms with van der Waals surface area (Å²) in [6, 6.07) is 3.48. The maximum absolute atomic E-state index is 11.8. The second-order valence-electron chi connectivity index (χ2n) is 4.57. The van der Waals surface area contributed by atoms with Crippen molar-refractivity contribution in [2.45, 2.75) is 40.0 Å². The number of pyridine rings is 1. The minimum Gasteiger partial charge on any atom is -0.352 e. The molecule has 5 nitrogen and oxygen atoms in total. The standard InChI is InChI=1S/C14H22N4O/c1-4-5-6-9-15-14(19)12-7-8-13(16-10-12)18-17-11(2)3/h7-8,10H,4-6,9H2,1-3H3,(H,15,19)(H,16,18). The number of nitrogens with zero attached hydrogens (tertiary/aromatic N) is 2. The average Bonchev–Trinajstić information content (AvgIpc) is 2.41. The molecule has 1 heterocycles. The van der Waals surface area contributed by atoms with E-state index in [1.807, 2.05) is 13.8 Å². The van der Waals surface area contributed by atoms with Gasteiger partial charge in [-0.15, -0.1) is 0 Å². The minimum absolute atomic E-state index is 0.0784. The van der Waals surface area contributed by atoms with Gasteiger partial charge in [0.25, 0.3) is 5.91 Å². The Bertz CT molecular complexity index is 422. The first-order valence-corrected chi connectivity index (χ1v) is 6.64. The number of hydrogen-bond donors (Lipinski definition) is 2. The molecule has 0 aliphatic heterocycles.